The molecule has 0 atom stereocenters. The van der Waals surface area contributed by atoms with Crippen molar-refractivity contribution < 1.29 is 13.2 Å². The average molecular weight is 304 g/mol. The van der Waals surface area contributed by atoms with E-state index in [-0.39, 0.29) is 10.7 Å². The Morgan fingerprint density at radius 3 is 2.70 bits per heavy atom. The van der Waals surface area contributed by atoms with Crippen molar-refractivity contribution in [2.45, 2.75) is 26.2 Å². The highest BCUT2D eigenvalue weighted by Crippen LogP contribution is 2.33. The molecule has 0 fully saturated rings. The van der Waals surface area contributed by atoms with Crippen LogP contribution in [0.5, 0.6) is 0 Å². The van der Waals surface area contributed by atoms with Crippen LogP contribution in [0.1, 0.15) is 18.1 Å². The number of rotatable bonds is 4. The summed E-state index contributed by atoms with van der Waals surface area (Å²) in [6, 6.07) is 3.21. The minimum atomic E-state index is -4.38. The molecule has 0 saturated heterocycles. The monoisotopic (exact) mass is 303 g/mol. The molecule has 0 aliphatic carbocycles. The number of benzene rings is 1. The molecular weight excluding hydrogens is 291 g/mol. The van der Waals surface area contributed by atoms with E-state index in [1.54, 1.807) is 10.9 Å². The van der Waals surface area contributed by atoms with Crippen LogP contribution in [0.2, 0.25) is 5.02 Å². The Morgan fingerprint density at radius 1 is 1.35 bits per heavy atom. The molecule has 0 radical (unpaired) electrons. The first-order valence-electron chi connectivity index (χ1n) is 6.02. The number of hydrogen-bond donors (Lipinski definition) is 1. The summed E-state index contributed by atoms with van der Waals surface area (Å²) in [4.78, 5) is 0. The first-order valence-corrected chi connectivity index (χ1v) is 6.40. The molecule has 1 heterocycles. The Hall–Kier alpha value is -1.69. The van der Waals surface area contributed by atoms with Crippen molar-refractivity contribution in [2.75, 3.05) is 5.32 Å². The molecule has 0 spiro atoms. The maximum absolute atomic E-state index is 12.6. The van der Waals surface area contributed by atoms with Crippen LogP contribution >= 0.6 is 11.6 Å². The number of hydrogen-bond acceptors (Lipinski definition) is 2. The van der Waals surface area contributed by atoms with Gasteiger partial charge in [-0.25, -0.2) is 0 Å². The van der Waals surface area contributed by atoms with Gasteiger partial charge in [-0.1, -0.05) is 11.6 Å². The highest BCUT2D eigenvalue weighted by Gasteiger charge is 2.30. The van der Waals surface area contributed by atoms with Crippen LogP contribution in [-0.2, 0) is 19.3 Å². The van der Waals surface area contributed by atoms with Crippen molar-refractivity contribution in [1.29, 1.82) is 0 Å². The molecule has 0 amide bonds. The molecule has 108 valence electrons. The van der Waals surface area contributed by atoms with Crippen LogP contribution in [0.4, 0.5) is 18.9 Å². The van der Waals surface area contributed by atoms with Crippen LogP contribution in [0.25, 0.3) is 0 Å². The number of halogens is 4. The van der Waals surface area contributed by atoms with E-state index in [0.717, 1.165) is 24.2 Å². The lowest BCUT2D eigenvalue weighted by Gasteiger charge is -2.11. The summed E-state index contributed by atoms with van der Waals surface area (Å²) in [5.41, 5.74) is 0.403. The highest BCUT2D eigenvalue weighted by molar-refractivity contribution is 6.33. The maximum atomic E-state index is 12.6. The number of aryl methyl sites for hydroxylation is 1. The molecular formula is C13H13ClF3N3. The van der Waals surface area contributed by atoms with Gasteiger partial charge in [-0.15, -0.1) is 0 Å². The average Bonchev–Trinajstić information content (AvgIpc) is 2.84. The zero-order valence-corrected chi connectivity index (χ0v) is 11.5. The van der Waals surface area contributed by atoms with Gasteiger partial charge in [-0.05, 0) is 25.1 Å². The van der Waals surface area contributed by atoms with Gasteiger partial charge in [0.05, 0.1) is 22.5 Å². The Morgan fingerprint density at radius 2 is 2.10 bits per heavy atom. The van der Waals surface area contributed by atoms with Crippen LogP contribution in [0, 0.1) is 0 Å². The van der Waals surface area contributed by atoms with Gasteiger partial charge in [-0.2, -0.15) is 18.3 Å². The third kappa shape index (κ3) is 3.45. The summed E-state index contributed by atoms with van der Waals surface area (Å²) in [6.07, 6.45) is -0.888. The van der Waals surface area contributed by atoms with Gasteiger partial charge in [-0.3, -0.25) is 4.68 Å². The normalized spacial score (nSPS) is 11.7. The second-order valence-electron chi connectivity index (χ2n) is 4.25. The van der Waals surface area contributed by atoms with Gasteiger partial charge in [0.15, 0.2) is 0 Å². The molecule has 20 heavy (non-hydrogen) atoms. The minimum Gasteiger partial charge on any atom is -0.380 e. The lowest BCUT2D eigenvalue weighted by Crippen LogP contribution is -2.06. The van der Waals surface area contributed by atoms with E-state index >= 15 is 0 Å². The van der Waals surface area contributed by atoms with Gasteiger partial charge in [0.1, 0.15) is 0 Å². The number of aromatic nitrogens is 2. The zero-order chi connectivity index (χ0) is 14.8. The quantitative estimate of drug-likeness (QED) is 0.918. The van der Waals surface area contributed by atoms with Crippen molar-refractivity contribution in [3.63, 3.8) is 0 Å². The number of anilines is 1. The molecule has 0 bridgehead atoms. The molecule has 0 aliphatic rings. The summed E-state index contributed by atoms with van der Waals surface area (Å²) in [5.74, 6) is 0. The molecule has 2 aromatic rings. The molecule has 1 aromatic carbocycles. The molecule has 2 rings (SSSR count). The number of nitrogens with zero attached hydrogens (tertiary/aromatic N) is 2. The first-order chi connectivity index (χ1) is 9.40. The number of alkyl halides is 3. The molecule has 1 aromatic heterocycles. The molecule has 3 nitrogen and oxygen atoms in total. The SMILES string of the molecule is CCn1cc(CNc2cc(C(F)(F)F)ccc2Cl)cn1. The largest absolute Gasteiger partial charge is 0.416 e. The zero-order valence-electron chi connectivity index (χ0n) is 10.7. The van der Waals surface area contributed by atoms with Crippen molar-refractivity contribution in [1.82, 2.24) is 9.78 Å². The van der Waals surface area contributed by atoms with E-state index < -0.39 is 11.7 Å². The Balaban J connectivity index is 2.12. The topological polar surface area (TPSA) is 29.9 Å². The summed E-state index contributed by atoms with van der Waals surface area (Å²) < 4.78 is 39.6. The predicted octanol–water partition coefficient (Wildman–Crippen LogP) is 4.19. The lowest BCUT2D eigenvalue weighted by atomic mass is 10.2. The van der Waals surface area contributed by atoms with E-state index in [4.69, 9.17) is 11.6 Å². The lowest BCUT2D eigenvalue weighted by molar-refractivity contribution is -0.137. The fourth-order valence-corrected chi connectivity index (χ4v) is 1.89. The second kappa shape index (κ2) is 5.75. The van der Waals surface area contributed by atoms with E-state index in [1.165, 1.54) is 6.07 Å². The third-order valence-electron chi connectivity index (χ3n) is 2.79. The maximum Gasteiger partial charge on any atom is 0.416 e. The van der Waals surface area contributed by atoms with Crippen LogP contribution in [-0.4, -0.2) is 9.78 Å². The molecule has 7 heteroatoms. The molecule has 0 unspecified atom stereocenters. The van der Waals surface area contributed by atoms with Crippen LogP contribution < -0.4 is 5.32 Å². The van der Waals surface area contributed by atoms with Crippen molar-refractivity contribution >= 4 is 17.3 Å². The number of nitrogens with one attached hydrogen (secondary N) is 1. The summed E-state index contributed by atoms with van der Waals surface area (Å²) >= 11 is 5.89. The van der Waals surface area contributed by atoms with Gasteiger partial charge < -0.3 is 5.32 Å². The summed E-state index contributed by atoms with van der Waals surface area (Å²) in [6.45, 7) is 3.05. The van der Waals surface area contributed by atoms with Crippen LogP contribution in [0.3, 0.4) is 0 Å². The smallest absolute Gasteiger partial charge is 0.380 e. The molecule has 0 aliphatic heterocycles. The fourth-order valence-electron chi connectivity index (χ4n) is 1.70. The molecule has 0 saturated carbocycles. The Labute approximate surface area is 119 Å². The third-order valence-corrected chi connectivity index (χ3v) is 3.12. The van der Waals surface area contributed by atoms with E-state index in [9.17, 15) is 13.2 Å². The van der Waals surface area contributed by atoms with Crippen molar-refractivity contribution in [3.05, 3.63) is 46.7 Å². The van der Waals surface area contributed by atoms with E-state index in [0.29, 0.717) is 6.54 Å². The summed E-state index contributed by atoms with van der Waals surface area (Å²) in [7, 11) is 0. The van der Waals surface area contributed by atoms with E-state index in [1.807, 2.05) is 13.1 Å². The standard InChI is InChI=1S/C13H13ClF3N3/c1-2-20-8-9(7-19-20)6-18-12-5-10(13(15,16)17)3-4-11(12)14/h3-5,7-8,18H,2,6H2,1H3. The Kier molecular flexibility index (Phi) is 4.23. The fraction of sp³-hybridized carbons (Fsp3) is 0.308. The minimum absolute atomic E-state index is 0.251. The summed E-state index contributed by atoms with van der Waals surface area (Å²) in [5, 5.41) is 7.23. The van der Waals surface area contributed by atoms with Crippen molar-refractivity contribution in [3.8, 4) is 0 Å². The van der Waals surface area contributed by atoms with Crippen LogP contribution in [0.15, 0.2) is 30.6 Å². The van der Waals surface area contributed by atoms with Gasteiger partial charge in [0.25, 0.3) is 0 Å². The predicted molar refractivity (Wildman–Crippen MR) is 71.7 cm³/mol. The van der Waals surface area contributed by atoms with Gasteiger partial charge in [0.2, 0.25) is 0 Å². The van der Waals surface area contributed by atoms with Gasteiger partial charge in [0, 0.05) is 24.8 Å². The van der Waals surface area contributed by atoms with Crippen molar-refractivity contribution in [2.24, 2.45) is 0 Å². The van der Waals surface area contributed by atoms with E-state index in [2.05, 4.69) is 10.4 Å². The molecule has 1 N–H and O–H groups in total. The van der Waals surface area contributed by atoms with Gasteiger partial charge >= 0.3 is 6.18 Å². The Bertz CT molecular complexity index is 593. The second-order valence-corrected chi connectivity index (χ2v) is 4.66. The first kappa shape index (κ1) is 14.7. The highest BCUT2D eigenvalue weighted by atomic mass is 35.5.